The first-order valence-electron chi connectivity index (χ1n) is 5.70. The van der Waals surface area contributed by atoms with Crippen LogP contribution in [0.5, 0.6) is 5.75 Å². The predicted octanol–water partition coefficient (Wildman–Crippen LogP) is 1.53. The maximum absolute atomic E-state index is 11.4. The minimum atomic E-state index is -0.528. The average Bonchev–Trinajstić information content (AvgIpc) is 2.29. The Morgan fingerprint density at radius 1 is 1.41 bits per heavy atom. The van der Waals surface area contributed by atoms with Crippen LogP contribution in [0.1, 0.15) is 31.0 Å². The van der Waals surface area contributed by atoms with E-state index in [0.29, 0.717) is 5.75 Å². The van der Waals surface area contributed by atoms with Crippen LogP contribution in [0.3, 0.4) is 0 Å². The molecule has 1 amide bonds. The molecular weight excluding hydrogens is 216 g/mol. The molecule has 0 aliphatic rings. The summed E-state index contributed by atoms with van der Waals surface area (Å²) in [6, 6.07) is 5.66. The molecule has 0 aromatic heterocycles. The van der Waals surface area contributed by atoms with Gasteiger partial charge in [-0.25, -0.2) is 0 Å². The SMILES string of the molecule is CNC(=O)C(C)Oc1ccc(C)cc1[C@H](C)N. The molecule has 0 spiro atoms. The Kier molecular flexibility index (Phi) is 4.52. The summed E-state index contributed by atoms with van der Waals surface area (Å²) >= 11 is 0. The molecule has 0 saturated carbocycles. The van der Waals surface area contributed by atoms with Crippen LogP contribution in [0.15, 0.2) is 18.2 Å². The highest BCUT2D eigenvalue weighted by Gasteiger charge is 2.16. The molecule has 3 N–H and O–H groups in total. The summed E-state index contributed by atoms with van der Waals surface area (Å²) in [5.41, 5.74) is 7.93. The van der Waals surface area contributed by atoms with Crippen LogP contribution in [0.4, 0.5) is 0 Å². The second-order valence-electron chi connectivity index (χ2n) is 4.20. The standard InChI is InChI=1S/C13H20N2O2/c1-8-5-6-12(11(7-8)9(2)14)17-10(3)13(16)15-4/h5-7,9-10H,14H2,1-4H3,(H,15,16)/t9-,10?/m0/s1. The topological polar surface area (TPSA) is 64.3 Å². The van der Waals surface area contributed by atoms with Crippen molar-refractivity contribution in [2.24, 2.45) is 5.73 Å². The van der Waals surface area contributed by atoms with Crippen molar-refractivity contribution >= 4 is 5.91 Å². The molecule has 4 nitrogen and oxygen atoms in total. The van der Waals surface area contributed by atoms with Crippen molar-refractivity contribution in [3.05, 3.63) is 29.3 Å². The van der Waals surface area contributed by atoms with E-state index in [2.05, 4.69) is 5.32 Å². The van der Waals surface area contributed by atoms with Gasteiger partial charge in [-0.15, -0.1) is 0 Å². The van der Waals surface area contributed by atoms with Gasteiger partial charge in [0, 0.05) is 18.7 Å². The summed E-state index contributed by atoms with van der Waals surface area (Å²) in [5.74, 6) is 0.517. The number of nitrogens with one attached hydrogen (secondary N) is 1. The number of hydrogen-bond acceptors (Lipinski definition) is 3. The lowest BCUT2D eigenvalue weighted by Gasteiger charge is -2.18. The summed E-state index contributed by atoms with van der Waals surface area (Å²) in [4.78, 5) is 11.4. The first kappa shape index (κ1) is 13.5. The van der Waals surface area contributed by atoms with Crippen molar-refractivity contribution in [3.8, 4) is 5.75 Å². The summed E-state index contributed by atoms with van der Waals surface area (Å²) < 4.78 is 5.62. The molecule has 4 heteroatoms. The van der Waals surface area contributed by atoms with Gasteiger partial charge < -0.3 is 15.8 Å². The maximum Gasteiger partial charge on any atom is 0.260 e. The number of nitrogens with two attached hydrogens (primary N) is 1. The van der Waals surface area contributed by atoms with Crippen LogP contribution >= 0.6 is 0 Å². The second-order valence-corrected chi connectivity index (χ2v) is 4.20. The van der Waals surface area contributed by atoms with Gasteiger partial charge in [-0.2, -0.15) is 0 Å². The van der Waals surface area contributed by atoms with Crippen molar-refractivity contribution in [1.82, 2.24) is 5.32 Å². The fourth-order valence-electron chi connectivity index (χ4n) is 1.58. The van der Waals surface area contributed by atoms with E-state index >= 15 is 0 Å². The zero-order valence-corrected chi connectivity index (χ0v) is 10.8. The van der Waals surface area contributed by atoms with E-state index in [4.69, 9.17) is 10.5 Å². The van der Waals surface area contributed by atoms with Crippen molar-refractivity contribution in [2.45, 2.75) is 32.9 Å². The Balaban J connectivity index is 2.94. The third-order valence-electron chi connectivity index (χ3n) is 2.58. The summed E-state index contributed by atoms with van der Waals surface area (Å²) in [6.45, 7) is 5.60. The number of benzene rings is 1. The van der Waals surface area contributed by atoms with Gasteiger partial charge in [0.25, 0.3) is 5.91 Å². The largest absolute Gasteiger partial charge is 0.481 e. The Hall–Kier alpha value is -1.55. The van der Waals surface area contributed by atoms with Gasteiger partial charge in [-0.05, 0) is 26.8 Å². The lowest BCUT2D eigenvalue weighted by Crippen LogP contribution is -2.34. The normalized spacial score (nSPS) is 13.9. The number of ether oxygens (including phenoxy) is 1. The molecule has 0 heterocycles. The van der Waals surface area contributed by atoms with Gasteiger partial charge >= 0.3 is 0 Å². The summed E-state index contributed by atoms with van der Waals surface area (Å²) in [5, 5.41) is 2.55. The van der Waals surface area contributed by atoms with Crippen LogP contribution < -0.4 is 15.8 Å². The highest BCUT2D eigenvalue weighted by atomic mass is 16.5. The highest BCUT2D eigenvalue weighted by molar-refractivity contribution is 5.80. The van der Waals surface area contributed by atoms with Crippen molar-refractivity contribution in [3.63, 3.8) is 0 Å². The molecule has 94 valence electrons. The van der Waals surface area contributed by atoms with E-state index in [0.717, 1.165) is 11.1 Å². The predicted molar refractivity (Wildman–Crippen MR) is 67.9 cm³/mol. The molecule has 0 radical (unpaired) electrons. The first-order chi connectivity index (χ1) is 7.95. The molecule has 0 aliphatic carbocycles. The Morgan fingerprint density at radius 2 is 2.06 bits per heavy atom. The van der Waals surface area contributed by atoms with Crippen LogP contribution in [0.2, 0.25) is 0 Å². The number of carbonyl (C=O) groups excluding carboxylic acids is 1. The molecule has 0 aliphatic heterocycles. The van der Waals surface area contributed by atoms with E-state index in [9.17, 15) is 4.79 Å². The molecule has 1 unspecified atom stereocenters. The minimum absolute atomic E-state index is 0.123. The van der Waals surface area contributed by atoms with Crippen molar-refractivity contribution in [2.75, 3.05) is 7.05 Å². The highest BCUT2D eigenvalue weighted by Crippen LogP contribution is 2.25. The number of likely N-dealkylation sites (N-methyl/N-ethyl adjacent to an activating group) is 1. The first-order valence-corrected chi connectivity index (χ1v) is 5.70. The second kappa shape index (κ2) is 5.68. The molecule has 1 rings (SSSR count). The monoisotopic (exact) mass is 236 g/mol. The lowest BCUT2D eigenvalue weighted by atomic mass is 10.1. The molecule has 17 heavy (non-hydrogen) atoms. The van der Waals surface area contributed by atoms with Crippen molar-refractivity contribution in [1.29, 1.82) is 0 Å². The van der Waals surface area contributed by atoms with E-state index in [1.165, 1.54) is 0 Å². The fourth-order valence-corrected chi connectivity index (χ4v) is 1.58. The number of amides is 1. The number of aryl methyl sites for hydroxylation is 1. The van der Waals surface area contributed by atoms with Gasteiger partial charge in [0.1, 0.15) is 5.75 Å². The number of rotatable bonds is 4. The van der Waals surface area contributed by atoms with Gasteiger partial charge in [0.05, 0.1) is 0 Å². The maximum atomic E-state index is 11.4. The summed E-state index contributed by atoms with van der Waals surface area (Å²) in [6.07, 6.45) is -0.528. The average molecular weight is 236 g/mol. The molecule has 1 aromatic carbocycles. The molecule has 0 bridgehead atoms. The zero-order chi connectivity index (χ0) is 13.0. The zero-order valence-electron chi connectivity index (χ0n) is 10.8. The molecule has 0 saturated heterocycles. The molecule has 1 aromatic rings. The number of hydrogen-bond donors (Lipinski definition) is 2. The van der Waals surface area contributed by atoms with Crippen LogP contribution in [-0.2, 0) is 4.79 Å². The smallest absolute Gasteiger partial charge is 0.260 e. The summed E-state index contributed by atoms with van der Waals surface area (Å²) in [7, 11) is 1.59. The molecular formula is C13H20N2O2. The number of carbonyl (C=O) groups is 1. The van der Waals surface area contributed by atoms with E-state index in [1.54, 1.807) is 14.0 Å². The van der Waals surface area contributed by atoms with E-state index in [1.807, 2.05) is 32.0 Å². The van der Waals surface area contributed by atoms with E-state index in [-0.39, 0.29) is 11.9 Å². The van der Waals surface area contributed by atoms with Gasteiger partial charge in [0.15, 0.2) is 6.10 Å². The quantitative estimate of drug-likeness (QED) is 0.833. The third-order valence-corrected chi connectivity index (χ3v) is 2.58. The Labute approximate surface area is 102 Å². The lowest BCUT2D eigenvalue weighted by molar-refractivity contribution is -0.126. The minimum Gasteiger partial charge on any atom is -0.481 e. The fraction of sp³-hybridized carbons (Fsp3) is 0.462. The molecule has 0 fully saturated rings. The Morgan fingerprint density at radius 3 is 2.59 bits per heavy atom. The van der Waals surface area contributed by atoms with Gasteiger partial charge in [-0.3, -0.25) is 4.79 Å². The van der Waals surface area contributed by atoms with E-state index < -0.39 is 6.10 Å². The van der Waals surface area contributed by atoms with Gasteiger partial charge in [0.2, 0.25) is 0 Å². The van der Waals surface area contributed by atoms with Crippen molar-refractivity contribution < 1.29 is 9.53 Å². The van der Waals surface area contributed by atoms with Crippen LogP contribution in [0.25, 0.3) is 0 Å². The van der Waals surface area contributed by atoms with Crippen LogP contribution in [-0.4, -0.2) is 19.1 Å². The Bertz CT molecular complexity index is 402. The van der Waals surface area contributed by atoms with Crippen LogP contribution in [0, 0.1) is 6.92 Å². The third kappa shape index (κ3) is 3.46. The van der Waals surface area contributed by atoms with Gasteiger partial charge in [-0.1, -0.05) is 17.7 Å². The molecule has 2 atom stereocenters.